The molecule has 0 aliphatic heterocycles. The number of nitrogens with zero attached hydrogens (tertiary/aromatic N) is 2. The predicted octanol–water partition coefficient (Wildman–Crippen LogP) is 1.27. The molecule has 0 aromatic carbocycles. The van der Waals surface area contributed by atoms with Crippen LogP contribution in [0.1, 0.15) is 12.7 Å². The average Bonchev–Trinajstić information content (AvgIpc) is 2.27. The van der Waals surface area contributed by atoms with Crippen molar-refractivity contribution >= 4 is 15.7 Å². The molecule has 1 aromatic rings. The van der Waals surface area contributed by atoms with Crippen molar-refractivity contribution < 1.29 is 26.3 Å². The van der Waals surface area contributed by atoms with Gasteiger partial charge in [0.1, 0.15) is 0 Å². The summed E-state index contributed by atoms with van der Waals surface area (Å²) in [6.45, 7) is 1.54. The van der Waals surface area contributed by atoms with Gasteiger partial charge < -0.3 is 4.74 Å². The molecule has 6 nitrogen and oxygen atoms in total. The monoisotopic (exact) mass is 299 g/mol. The van der Waals surface area contributed by atoms with Gasteiger partial charge in [0.05, 0.1) is 29.9 Å². The van der Waals surface area contributed by atoms with Crippen molar-refractivity contribution in [2.24, 2.45) is 0 Å². The molecule has 0 saturated heterocycles. The van der Waals surface area contributed by atoms with Crippen molar-refractivity contribution in [3.8, 4) is 0 Å². The Balaban J connectivity index is 2.78. The summed E-state index contributed by atoms with van der Waals surface area (Å²) < 4.78 is 66.6. The standard InChI is InChI=1S/C9H12F3N3O3S/c1-6(18-2)5-19(16,17)15-7-3-13-8(14-4-7)9(10,11)12/h3-4,6,15H,5H2,1-2H3/t6-/m0/s1. The Morgan fingerprint density at radius 3 is 2.32 bits per heavy atom. The van der Waals surface area contributed by atoms with Crippen LogP contribution in [0.4, 0.5) is 18.9 Å². The SMILES string of the molecule is CO[C@@H](C)CS(=O)(=O)Nc1cnc(C(F)(F)F)nc1. The number of sulfonamides is 1. The third kappa shape index (κ3) is 4.99. The van der Waals surface area contributed by atoms with E-state index in [1.54, 1.807) is 6.92 Å². The predicted molar refractivity (Wildman–Crippen MR) is 60.9 cm³/mol. The summed E-state index contributed by atoms with van der Waals surface area (Å²) in [6, 6.07) is 0. The number of ether oxygens (including phenoxy) is 1. The van der Waals surface area contributed by atoms with Crippen LogP contribution in [0.5, 0.6) is 0 Å². The van der Waals surface area contributed by atoms with Gasteiger partial charge in [-0.1, -0.05) is 0 Å². The summed E-state index contributed by atoms with van der Waals surface area (Å²) in [5.74, 6) is -1.66. The van der Waals surface area contributed by atoms with Crippen molar-refractivity contribution in [3.63, 3.8) is 0 Å². The molecule has 0 unspecified atom stereocenters. The lowest BCUT2D eigenvalue weighted by Crippen LogP contribution is -2.25. The lowest BCUT2D eigenvalue weighted by Gasteiger charge is -2.12. The Morgan fingerprint density at radius 1 is 1.37 bits per heavy atom. The molecule has 1 aromatic heterocycles. The minimum absolute atomic E-state index is 0.142. The van der Waals surface area contributed by atoms with E-state index in [-0.39, 0.29) is 11.4 Å². The second-order valence-electron chi connectivity index (χ2n) is 3.72. The second kappa shape index (κ2) is 5.70. The molecule has 0 bridgehead atoms. The van der Waals surface area contributed by atoms with Gasteiger partial charge in [-0.3, -0.25) is 4.72 Å². The quantitative estimate of drug-likeness (QED) is 0.885. The molecular weight excluding hydrogens is 287 g/mol. The fourth-order valence-electron chi connectivity index (χ4n) is 1.13. The Labute approximate surface area is 108 Å². The molecule has 1 atom stereocenters. The van der Waals surface area contributed by atoms with E-state index >= 15 is 0 Å². The van der Waals surface area contributed by atoms with Crippen molar-refractivity contribution in [2.45, 2.75) is 19.2 Å². The molecule has 0 radical (unpaired) electrons. The summed E-state index contributed by atoms with van der Waals surface area (Å²) in [7, 11) is -2.38. The molecule has 1 N–H and O–H groups in total. The summed E-state index contributed by atoms with van der Waals surface area (Å²) in [5, 5.41) is 0. The van der Waals surface area contributed by atoms with E-state index in [1.807, 2.05) is 0 Å². The van der Waals surface area contributed by atoms with Crippen LogP contribution in [-0.2, 0) is 20.9 Å². The Hall–Kier alpha value is -1.42. The van der Waals surface area contributed by atoms with Crippen LogP contribution in [0, 0.1) is 0 Å². The van der Waals surface area contributed by atoms with Gasteiger partial charge >= 0.3 is 6.18 Å². The maximum Gasteiger partial charge on any atom is 0.451 e. The first-order valence-electron chi connectivity index (χ1n) is 5.06. The molecule has 0 spiro atoms. The fraction of sp³-hybridized carbons (Fsp3) is 0.556. The van der Waals surface area contributed by atoms with Crippen molar-refractivity contribution in [2.75, 3.05) is 17.6 Å². The lowest BCUT2D eigenvalue weighted by atomic mass is 10.5. The zero-order chi connectivity index (χ0) is 14.7. The van der Waals surface area contributed by atoms with Crippen molar-refractivity contribution in [3.05, 3.63) is 18.2 Å². The lowest BCUT2D eigenvalue weighted by molar-refractivity contribution is -0.144. The largest absolute Gasteiger partial charge is 0.451 e. The summed E-state index contributed by atoms with van der Waals surface area (Å²) in [6.07, 6.45) is -3.70. The number of anilines is 1. The number of methoxy groups -OCH3 is 1. The van der Waals surface area contributed by atoms with Gasteiger partial charge in [0, 0.05) is 7.11 Å². The number of hydrogen-bond acceptors (Lipinski definition) is 5. The zero-order valence-electron chi connectivity index (χ0n) is 10.1. The van der Waals surface area contributed by atoms with Crippen LogP contribution in [0.3, 0.4) is 0 Å². The topological polar surface area (TPSA) is 81.2 Å². The zero-order valence-corrected chi connectivity index (χ0v) is 10.9. The number of alkyl halides is 3. The third-order valence-electron chi connectivity index (χ3n) is 2.04. The number of hydrogen-bond donors (Lipinski definition) is 1. The number of nitrogens with one attached hydrogen (secondary N) is 1. The highest BCUT2D eigenvalue weighted by molar-refractivity contribution is 7.92. The molecule has 0 fully saturated rings. The first-order valence-corrected chi connectivity index (χ1v) is 6.72. The van der Waals surface area contributed by atoms with Gasteiger partial charge in [0.2, 0.25) is 15.8 Å². The van der Waals surface area contributed by atoms with Crippen LogP contribution in [0.15, 0.2) is 12.4 Å². The van der Waals surface area contributed by atoms with Crippen LogP contribution >= 0.6 is 0 Å². The van der Waals surface area contributed by atoms with Crippen molar-refractivity contribution in [1.82, 2.24) is 9.97 Å². The smallest absolute Gasteiger partial charge is 0.381 e. The molecule has 0 aliphatic carbocycles. The van der Waals surface area contributed by atoms with E-state index in [2.05, 4.69) is 14.7 Å². The molecule has 108 valence electrons. The molecule has 0 saturated carbocycles. The minimum atomic E-state index is -4.66. The van der Waals surface area contributed by atoms with E-state index in [9.17, 15) is 21.6 Å². The molecule has 1 heterocycles. The first kappa shape index (κ1) is 15.6. The molecular formula is C9H12F3N3O3S. The number of halogens is 3. The highest BCUT2D eigenvalue weighted by Gasteiger charge is 2.34. The Bertz CT molecular complexity index is 516. The van der Waals surface area contributed by atoms with E-state index < -0.39 is 28.1 Å². The highest BCUT2D eigenvalue weighted by atomic mass is 32.2. The Morgan fingerprint density at radius 2 is 1.89 bits per heavy atom. The highest BCUT2D eigenvalue weighted by Crippen LogP contribution is 2.25. The van der Waals surface area contributed by atoms with Gasteiger partial charge in [-0.25, -0.2) is 18.4 Å². The molecule has 0 amide bonds. The first-order chi connectivity index (χ1) is 8.64. The second-order valence-corrected chi connectivity index (χ2v) is 5.49. The van der Waals surface area contributed by atoms with Gasteiger partial charge in [0.15, 0.2) is 0 Å². The van der Waals surface area contributed by atoms with Crippen molar-refractivity contribution in [1.29, 1.82) is 0 Å². The Kier molecular flexibility index (Phi) is 4.69. The average molecular weight is 299 g/mol. The summed E-state index contributed by atoms with van der Waals surface area (Å²) in [5.41, 5.74) is -0.142. The number of aromatic nitrogens is 2. The van der Waals surface area contributed by atoms with E-state index in [0.29, 0.717) is 0 Å². The molecule has 19 heavy (non-hydrogen) atoms. The summed E-state index contributed by atoms with van der Waals surface area (Å²) in [4.78, 5) is 6.08. The maximum absolute atomic E-state index is 12.2. The van der Waals surface area contributed by atoms with Gasteiger partial charge in [0.25, 0.3) is 0 Å². The van der Waals surface area contributed by atoms with Crippen LogP contribution in [0.2, 0.25) is 0 Å². The molecule has 1 rings (SSSR count). The van der Waals surface area contributed by atoms with Gasteiger partial charge in [-0.15, -0.1) is 0 Å². The molecule has 0 aliphatic rings. The van der Waals surface area contributed by atoms with Crippen LogP contribution in [0.25, 0.3) is 0 Å². The number of rotatable bonds is 5. The minimum Gasteiger partial charge on any atom is -0.381 e. The fourth-order valence-corrected chi connectivity index (χ4v) is 2.43. The van der Waals surface area contributed by atoms with Gasteiger partial charge in [-0.2, -0.15) is 13.2 Å². The van der Waals surface area contributed by atoms with E-state index in [0.717, 1.165) is 12.4 Å². The molecule has 10 heteroatoms. The maximum atomic E-state index is 12.2. The summed E-state index contributed by atoms with van der Waals surface area (Å²) >= 11 is 0. The van der Waals surface area contributed by atoms with Gasteiger partial charge in [-0.05, 0) is 6.92 Å². The van der Waals surface area contributed by atoms with Crippen LogP contribution in [-0.4, -0.2) is 37.4 Å². The third-order valence-corrected chi connectivity index (χ3v) is 3.49. The normalized spacial score (nSPS) is 14.2. The van der Waals surface area contributed by atoms with E-state index in [4.69, 9.17) is 4.74 Å². The van der Waals surface area contributed by atoms with E-state index in [1.165, 1.54) is 7.11 Å². The van der Waals surface area contributed by atoms with Crippen LogP contribution < -0.4 is 4.72 Å².